The number of carbonyl (C=O) groups excluding carboxylic acids is 3. The van der Waals surface area contributed by atoms with E-state index in [1.165, 1.54) is 25.1 Å². The summed E-state index contributed by atoms with van der Waals surface area (Å²) in [5, 5.41) is 55.0. The summed E-state index contributed by atoms with van der Waals surface area (Å²) in [4.78, 5) is 39.8. The first kappa shape index (κ1) is 27.3. The number of phenols is 1. The fourth-order valence-electron chi connectivity index (χ4n) is 5.58. The van der Waals surface area contributed by atoms with E-state index >= 15 is 0 Å². The lowest BCUT2D eigenvalue weighted by atomic mass is 9.55. The number of aliphatic hydroxyl groups excluding tert-OH is 3. The number of benzene rings is 1. The van der Waals surface area contributed by atoms with Gasteiger partial charge >= 0.3 is 0 Å². The maximum absolute atomic E-state index is 13.3. The number of hydrogen-bond acceptors (Lipinski definition) is 9. The number of phenolic OH excluding ortho intramolecular Hbond substituents is 1. The number of ketones is 2. The van der Waals surface area contributed by atoms with Gasteiger partial charge in [-0.05, 0) is 31.6 Å². The van der Waals surface area contributed by atoms with E-state index in [1.54, 1.807) is 19.1 Å². The third-order valence-corrected chi connectivity index (χ3v) is 7.00. The van der Waals surface area contributed by atoms with E-state index in [0.29, 0.717) is 5.56 Å². The normalized spacial score (nSPS) is 32.4. The number of fused-ring (bicyclic) bond motifs is 3. The van der Waals surface area contributed by atoms with Crippen LogP contribution in [0.1, 0.15) is 28.8 Å². The topological polar surface area (TPSA) is 213 Å². The Morgan fingerprint density at radius 3 is 2.26 bits per heavy atom. The lowest BCUT2D eigenvalue weighted by molar-refractivity contribution is -0.162. The van der Waals surface area contributed by atoms with Crippen molar-refractivity contribution >= 4 is 29.9 Å². The number of amides is 1. The van der Waals surface area contributed by atoms with Crippen molar-refractivity contribution < 1.29 is 45.4 Å². The Hall–Kier alpha value is -2.96. The zero-order valence-electron chi connectivity index (χ0n) is 18.5. The Morgan fingerprint density at radius 1 is 1.15 bits per heavy atom. The fraction of sp³-hybridized carbons (Fsp3) is 0.409. The highest BCUT2D eigenvalue weighted by atomic mass is 35.5. The fourth-order valence-corrected chi connectivity index (χ4v) is 5.58. The van der Waals surface area contributed by atoms with Crippen molar-refractivity contribution in [3.05, 3.63) is 52.0 Å². The van der Waals surface area contributed by atoms with Crippen LogP contribution in [0.4, 0.5) is 0 Å². The molecule has 186 valence electrons. The Kier molecular flexibility index (Phi) is 6.96. The van der Waals surface area contributed by atoms with Crippen molar-refractivity contribution in [1.82, 2.24) is 4.90 Å². The van der Waals surface area contributed by atoms with Crippen LogP contribution in [0.5, 0.6) is 5.75 Å². The molecule has 9 N–H and O–H groups in total. The molecule has 3 aliphatic carbocycles. The van der Waals surface area contributed by atoms with Gasteiger partial charge in [0.15, 0.2) is 11.4 Å². The molecule has 1 amide bonds. The van der Waals surface area contributed by atoms with Crippen LogP contribution in [0.2, 0.25) is 0 Å². The summed E-state index contributed by atoms with van der Waals surface area (Å²) in [6, 6.07) is 3.17. The van der Waals surface area contributed by atoms with Crippen LogP contribution >= 0.6 is 12.4 Å². The van der Waals surface area contributed by atoms with E-state index in [4.69, 9.17) is 5.73 Å². The molecule has 0 bridgehead atoms. The predicted molar refractivity (Wildman–Crippen MR) is 121 cm³/mol. The van der Waals surface area contributed by atoms with Gasteiger partial charge in [0, 0.05) is 11.5 Å². The van der Waals surface area contributed by atoms with Crippen molar-refractivity contribution in [2.24, 2.45) is 17.6 Å². The molecule has 0 aliphatic heterocycles. The molecule has 0 unspecified atom stereocenters. The van der Waals surface area contributed by atoms with Gasteiger partial charge in [-0.25, -0.2) is 0 Å². The molecule has 0 saturated heterocycles. The van der Waals surface area contributed by atoms with Crippen LogP contribution in [0.3, 0.4) is 0 Å². The molecule has 0 heterocycles. The molecule has 1 aromatic rings. The number of likely N-dealkylation sites (N-methyl/N-ethyl adjacent to an activating group) is 1. The highest BCUT2D eigenvalue weighted by molar-refractivity contribution is 6.25. The summed E-state index contributed by atoms with van der Waals surface area (Å²) < 4.78 is 0. The van der Waals surface area contributed by atoms with Gasteiger partial charge in [-0.3, -0.25) is 19.3 Å². The van der Waals surface area contributed by atoms with Crippen molar-refractivity contribution in [3.8, 4) is 5.75 Å². The van der Waals surface area contributed by atoms with Gasteiger partial charge in [0.1, 0.15) is 22.8 Å². The highest BCUT2D eigenvalue weighted by Crippen LogP contribution is 2.55. The van der Waals surface area contributed by atoms with E-state index in [-0.39, 0.29) is 29.2 Å². The van der Waals surface area contributed by atoms with Crippen LogP contribution < -0.4 is 5.73 Å². The SMILES string of the molecule is C[C@H]1c2cccc(O)c2C(=O)C2=C(O)[C@]3(O)C(=O)C(C(N)=O)=C(O)[C@@H](N(C)C)[C@@H]3[C@@H](O)[C@@H]21.Cl.O. The molecular formula is C22H27ClN2O9. The monoisotopic (exact) mass is 498 g/mol. The minimum absolute atomic E-state index is 0. The number of nitrogens with two attached hydrogens (primary N) is 1. The van der Waals surface area contributed by atoms with Gasteiger partial charge in [-0.2, -0.15) is 0 Å². The molecule has 1 aromatic carbocycles. The van der Waals surface area contributed by atoms with Gasteiger partial charge in [0.05, 0.1) is 23.6 Å². The average Bonchev–Trinajstić information content (AvgIpc) is 2.70. The maximum atomic E-state index is 13.3. The minimum atomic E-state index is -2.89. The Bertz CT molecular complexity index is 1150. The molecule has 3 aliphatic rings. The first-order valence-corrected chi connectivity index (χ1v) is 10.0. The number of carbonyl (C=O) groups is 3. The summed E-state index contributed by atoms with van der Waals surface area (Å²) in [6.45, 7) is 1.68. The van der Waals surface area contributed by atoms with Crippen molar-refractivity contribution in [3.63, 3.8) is 0 Å². The third-order valence-electron chi connectivity index (χ3n) is 7.00. The molecular weight excluding hydrogens is 472 g/mol. The smallest absolute Gasteiger partial charge is 0.255 e. The number of aromatic hydroxyl groups is 1. The molecule has 34 heavy (non-hydrogen) atoms. The van der Waals surface area contributed by atoms with Gasteiger partial charge in [-0.15, -0.1) is 12.4 Å². The zero-order chi connectivity index (χ0) is 23.9. The molecule has 0 saturated carbocycles. The van der Waals surface area contributed by atoms with Gasteiger partial charge in [-0.1, -0.05) is 19.1 Å². The van der Waals surface area contributed by atoms with Crippen molar-refractivity contribution in [2.45, 2.75) is 30.6 Å². The summed E-state index contributed by atoms with van der Waals surface area (Å²) in [7, 11) is 2.98. The molecule has 0 fully saturated rings. The second-order valence-electron chi connectivity index (χ2n) is 8.79. The molecule has 12 heteroatoms. The summed E-state index contributed by atoms with van der Waals surface area (Å²) in [5.41, 5.74) is 1.36. The van der Waals surface area contributed by atoms with E-state index in [0.717, 1.165) is 0 Å². The predicted octanol–water partition coefficient (Wildman–Crippen LogP) is -0.750. The van der Waals surface area contributed by atoms with Gasteiger partial charge in [0.25, 0.3) is 5.91 Å². The van der Waals surface area contributed by atoms with E-state index in [1.807, 2.05) is 0 Å². The molecule has 0 radical (unpaired) electrons. The summed E-state index contributed by atoms with van der Waals surface area (Å²) >= 11 is 0. The number of primary amides is 1. The molecule has 0 spiro atoms. The zero-order valence-corrected chi connectivity index (χ0v) is 19.3. The number of aliphatic hydroxyl groups is 4. The van der Waals surface area contributed by atoms with Gasteiger partial charge < -0.3 is 36.7 Å². The first-order valence-electron chi connectivity index (χ1n) is 10.0. The van der Waals surface area contributed by atoms with Crippen LogP contribution in [-0.4, -0.2) is 85.2 Å². The van der Waals surface area contributed by atoms with Crippen LogP contribution in [0.15, 0.2) is 40.9 Å². The van der Waals surface area contributed by atoms with Crippen molar-refractivity contribution in [2.75, 3.05) is 14.1 Å². The van der Waals surface area contributed by atoms with Crippen LogP contribution in [0.25, 0.3) is 0 Å². The quantitative estimate of drug-likeness (QED) is 0.282. The summed E-state index contributed by atoms with van der Waals surface area (Å²) in [5.74, 6) is -8.86. The molecule has 4 rings (SSSR count). The standard InChI is InChI=1S/C22H24N2O8.ClH.H2O/c1-7-8-5-4-6-9(25)11(8)16(26)12-10(7)17(27)14-15(24(2)3)18(28)13(21(23)31)20(30)22(14,32)19(12)29;;/h4-7,10,14-15,17,25,27-29,32H,1-3H3,(H2,23,31);1H;1H2/t7-,10+,14+,15-,17-,22-;;/m0../s1. The first-order chi connectivity index (χ1) is 14.9. The molecule has 11 nitrogen and oxygen atoms in total. The molecule has 0 aromatic heterocycles. The maximum Gasteiger partial charge on any atom is 0.255 e. The minimum Gasteiger partial charge on any atom is -0.510 e. The number of rotatable bonds is 2. The number of hydrogen-bond donors (Lipinski definition) is 6. The third kappa shape index (κ3) is 3.16. The largest absolute Gasteiger partial charge is 0.510 e. The highest BCUT2D eigenvalue weighted by Gasteiger charge is 2.67. The second-order valence-corrected chi connectivity index (χ2v) is 8.79. The molecule has 6 atom stereocenters. The lowest BCUT2D eigenvalue weighted by Crippen LogP contribution is -2.68. The van der Waals surface area contributed by atoms with Crippen LogP contribution in [-0.2, 0) is 9.59 Å². The summed E-state index contributed by atoms with van der Waals surface area (Å²) in [6.07, 6.45) is -1.59. The number of nitrogens with zero attached hydrogens (tertiary/aromatic N) is 1. The van der Waals surface area contributed by atoms with E-state index in [9.17, 15) is 39.9 Å². The van der Waals surface area contributed by atoms with Crippen molar-refractivity contribution in [1.29, 1.82) is 0 Å². The number of Topliss-reactive ketones (excluding diaryl/α,β-unsaturated/α-hetero) is 2. The van der Waals surface area contributed by atoms with E-state index < -0.39 is 75.6 Å². The Balaban J connectivity index is 0.00000204. The number of halogens is 1. The lowest BCUT2D eigenvalue weighted by Gasteiger charge is -2.53. The van der Waals surface area contributed by atoms with Gasteiger partial charge in [0.2, 0.25) is 5.78 Å². The van der Waals surface area contributed by atoms with E-state index in [2.05, 4.69) is 0 Å². The van der Waals surface area contributed by atoms with Crippen LogP contribution in [0, 0.1) is 11.8 Å². The Labute approximate surface area is 200 Å². The second kappa shape index (κ2) is 8.67. The Morgan fingerprint density at radius 2 is 1.74 bits per heavy atom. The average molecular weight is 499 g/mol.